The molecule has 0 spiro atoms. The van der Waals surface area contributed by atoms with Crippen LogP contribution in [0.5, 0.6) is 11.5 Å². The first-order valence-electron chi connectivity index (χ1n) is 8.24. The Morgan fingerprint density at radius 3 is 2.63 bits per heavy atom. The summed E-state index contributed by atoms with van der Waals surface area (Å²) in [5.41, 5.74) is 0.609. The van der Waals surface area contributed by atoms with Crippen LogP contribution in [0.1, 0.15) is 5.56 Å². The minimum Gasteiger partial charge on any atom is -0.497 e. The summed E-state index contributed by atoms with van der Waals surface area (Å²) < 4.78 is 10.5. The lowest BCUT2D eigenvalue weighted by Crippen LogP contribution is -2.41. The van der Waals surface area contributed by atoms with Crippen molar-refractivity contribution in [2.45, 2.75) is 0 Å². The molecule has 1 aliphatic rings. The Bertz CT molecular complexity index is 763. The topological polar surface area (TPSA) is 88.2 Å². The number of likely N-dealkylation sites (N-methyl/N-ethyl adjacent to an activating group) is 1. The smallest absolute Gasteiger partial charge is 0.294 e. The van der Waals surface area contributed by atoms with Crippen LogP contribution in [0.15, 0.2) is 23.1 Å². The van der Waals surface area contributed by atoms with Gasteiger partial charge in [0.15, 0.2) is 0 Å². The molecule has 1 aromatic rings. The number of carbonyl (C=O) groups excluding carboxylic acids is 3. The van der Waals surface area contributed by atoms with Gasteiger partial charge in [-0.25, -0.2) is 0 Å². The maximum Gasteiger partial charge on any atom is 0.294 e. The van der Waals surface area contributed by atoms with Crippen LogP contribution >= 0.6 is 11.8 Å². The van der Waals surface area contributed by atoms with Crippen molar-refractivity contribution in [2.75, 3.05) is 47.9 Å². The molecule has 1 heterocycles. The summed E-state index contributed by atoms with van der Waals surface area (Å²) in [4.78, 5) is 39.8. The second kappa shape index (κ2) is 9.43. The second-order valence-corrected chi connectivity index (χ2v) is 7.02. The van der Waals surface area contributed by atoms with E-state index in [-0.39, 0.29) is 17.4 Å². The molecule has 1 fully saturated rings. The first kappa shape index (κ1) is 20.8. The summed E-state index contributed by atoms with van der Waals surface area (Å²) in [5.74, 6) is 0.266. The number of benzene rings is 1. The molecule has 146 valence electrons. The molecular formula is C18H23N3O5S. The summed E-state index contributed by atoms with van der Waals surface area (Å²) in [5, 5.41) is 2.21. The van der Waals surface area contributed by atoms with Crippen LogP contribution in [-0.2, 0) is 9.59 Å². The number of rotatable bonds is 8. The third-order valence-corrected chi connectivity index (χ3v) is 4.69. The van der Waals surface area contributed by atoms with Crippen LogP contribution in [-0.4, -0.2) is 74.8 Å². The van der Waals surface area contributed by atoms with E-state index in [0.717, 1.165) is 16.7 Å². The number of imide groups is 1. The van der Waals surface area contributed by atoms with Crippen molar-refractivity contribution < 1.29 is 23.9 Å². The average molecular weight is 393 g/mol. The quantitative estimate of drug-likeness (QED) is 0.668. The van der Waals surface area contributed by atoms with Crippen LogP contribution < -0.4 is 14.8 Å². The molecule has 0 atom stereocenters. The van der Waals surface area contributed by atoms with Crippen LogP contribution in [0, 0.1) is 0 Å². The fraction of sp³-hybridized carbons (Fsp3) is 0.389. The van der Waals surface area contributed by atoms with Gasteiger partial charge in [0.25, 0.3) is 11.1 Å². The van der Waals surface area contributed by atoms with Gasteiger partial charge >= 0.3 is 0 Å². The van der Waals surface area contributed by atoms with Gasteiger partial charge in [0.1, 0.15) is 18.0 Å². The number of amides is 3. The number of nitrogens with zero attached hydrogens (tertiary/aromatic N) is 2. The van der Waals surface area contributed by atoms with Gasteiger partial charge in [0, 0.05) is 18.7 Å². The Kier molecular flexibility index (Phi) is 7.26. The fourth-order valence-corrected chi connectivity index (χ4v) is 3.18. The molecule has 0 aromatic heterocycles. The standard InChI is InChI=1S/C18H23N3O5S/c1-20(2)8-7-19-16(22)11-21-17(23)15(27-18(21)24)10-12-9-13(25-3)5-6-14(12)26-4/h5-6,9-10H,7-8,11H2,1-4H3,(H,19,22)/b15-10+. The first-order chi connectivity index (χ1) is 12.8. The zero-order chi connectivity index (χ0) is 20.0. The average Bonchev–Trinajstić information content (AvgIpc) is 2.88. The van der Waals surface area contributed by atoms with Crippen molar-refractivity contribution in [3.05, 3.63) is 28.7 Å². The molecule has 2 rings (SSSR count). The van der Waals surface area contributed by atoms with Gasteiger partial charge in [-0.1, -0.05) is 0 Å². The van der Waals surface area contributed by atoms with Crippen molar-refractivity contribution in [3.63, 3.8) is 0 Å². The highest BCUT2D eigenvalue weighted by molar-refractivity contribution is 8.18. The van der Waals surface area contributed by atoms with E-state index in [0.29, 0.717) is 30.2 Å². The number of ether oxygens (including phenoxy) is 2. The maximum absolute atomic E-state index is 12.5. The third-order valence-electron chi connectivity index (χ3n) is 3.78. The Morgan fingerprint density at radius 2 is 2.00 bits per heavy atom. The van der Waals surface area contributed by atoms with Gasteiger partial charge < -0.3 is 19.7 Å². The molecule has 9 heteroatoms. The second-order valence-electron chi connectivity index (χ2n) is 6.03. The van der Waals surface area contributed by atoms with Gasteiger partial charge in [0.05, 0.1) is 19.1 Å². The predicted molar refractivity (Wildman–Crippen MR) is 104 cm³/mol. The molecule has 0 saturated carbocycles. The highest BCUT2D eigenvalue weighted by Gasteiger charge is 2.36. The molecule has 1 N–H and O–H groups in total. The van der Waals surface area contributed by atoms with Crippen LogP contribution in [0.4, 0.5) is 4.79 Å². The molecule has 1 aromatic carbocycles. The molecule has 3 amide bonds. The summed E-state index contributed by atoms with van der Waals surface area (Å²) in [6, 6.07) is 5.16. The van der Waals surface area contributed by atoms with Gasteiger partial charge in [-0.15, -0.1) is 0 Å². The summed E-state index contributed by atoms with van der Waals surface area (Å²) in [6.07, 6.45) is 1.57. The lowest BCUT2D eigenvalue weighted by atomic mass is 10.1. The molecule has 0 bridgehead atoms. The highest BCUT2D eigenvalue weighted by Crippen LogP contribution is 2.34. The van der Waals surface area contributed by atoms with Crippen molar-refractivity contribution in [1.29, 1.82) is 0 Å². The van der Waals surface area contributed by atoms with Crippen molar-refractivity contribution in [2.24, 2.45) is 0 Å². The predicted octanol–water partition coefficient (Wildman–Crippen LogP) is 1.42. The Labute approximate surface area is 162 Å². The Balaban J connectivity index is 2.11. The summed E-state index contributed by atoms with van der Waals surface area (Å²) in [7, 11) is 6.83. The number of carbonyl (C=O) groups is 3. The monoisotopic (exact) mass is 393 g/mol. The molecule has 1 saturated heterocycles. The van der Waals surface area contributed by atoms with Gasteiger partial charge in [0.2, 0.25) is 5.91 Å². The van der Waals surface area contributed by atoms with E-state index in [1.54, 1.807) is 24.3 Å². The number of thioether (sulfide) groups is 1. The summed E-state index contributed by atoms with van der Waals surface area (Å²) in [6.45, 7) is 0.812. The Morgan fingerprint density at radius 1 is 1.26 bits per heavy atom. The Hall–Kier alpha value is -2.52. The van der Waals surface area contributed by atoms with Crippen molar-refractivity contribution in [3.8, 4) is 11.5 Å². The molecule has 8 nitrogen and oxygen atoms in total. The third kappa shape index (κ3) is 5.48. The van der Waals surface area contributed by atoms with Crippen molar-refractivity contribution >= 4 is 34.9 Å². The molecule has 1 aliphatic heterocycles. The minimum absolute atomic E-state index is 0.229. The van der Waals surface area contributed by atoms with Gasteiger partial charge in [-0.3, -0.25) is 19.3 Å². The summed E-state index contributed by atoms with van der Waals surface area (Å²) >= 11 is 0.794. The van der Waals surface area contributed by atoms with Crippen LogP contribution in [0.3, 0.4) is 0 Å². The van der Waals surface area contributed by atoms with E-state index in [4.69, 9.17) is 9.47 Å². The molecule has 27 heavy (non-hydrogen) atoms. The van der Waals surface area contributed by atoms with Crippen LogP contribution in [0.2, 0.25) is 0 Å². The van der Waals surface area contributed by atoms with E-state index in [1.807, 2.05) is 19.0 Å². The zero-order valence-corrected chi connectivity index (χ0v) is 16.6. The maximum atomic E-state index is 12.5. The number of nitrogens with one attached hydrogen (secondary N) is 1. The zero-order valence-electron chi connectivity index (χ0n) is 15.8. The van der Waals surface area contributed by atoms with Crippen LogP contribution in [0.25, 0.3) is 6.08 Å². The number of methoxy groups -OCH3 is 2. The molecule has 0 radical (unpaired) electrons. The van der Waals surface area contributed by atoms with E-state index < -0.39 is 11.1 Å². The molecular weight excluding hydrogens is 370 g/mol. The van der Waals surface area contributed by atoms with Crippen molar-refractivity contribution in [1.82, 2.24) is 15.1 Å². The molecule has 0 aliphatic carbocycles. The number of hydrogen-bond donors (Lipinski definition) is 1. The lowest BCUT2D eigenvalue weighted by molar-refractivity contribution is -0.129. The van der Waals surface area contributed by atoms with E-state index in [9.17, 15) is 14.4 Å². The first-order valence-corrected chi connectivity index (χ1v) is 9.06. The van der Waals surface area contributed by atoms with Gasteiger partial charge in [-0.2, -0.15) is 0 Å². The molecule has 0 unspecified atom stereocenters. The minimum atomic E-state index is -0.502. The van der Waals surface area contributed by atoms with E-state index in [1.165, 1.54) is 14.2 Å². The number of hydrogen-bond acceptors (Lipinski definition) is 7. The van der Waals surface area contributed by atoms with E-state index in [2.05, 4.69) is 5.32 Å². The largest absolute Gasteiger partial charge is 0.497 e. The van der Waals surface area contributed by atoms with E-state index >= 15 is 0 Å². The van der Waals surface area contributed by atoms with Gasteiger partial charge in [-0.05, 0) is 50.1 Å². The lowest BCUT2D eigenvalue weighted by Gasteiger charge is -2.14. The SMILES string of the molecule is COc1ccc(OC)c(/C=C2/SC(=O)N(CC(=O)NCCN(C)C)C2=O)c1. The highest BCUT2D eigenvalue weighted by atomic mass is 32.2. The normalized spacial score (nSPS) is 15.6. The fourth-order valence-electron chi connectivity index (χ4n) is 2.35.